The number of carbonyl (C=O) groups is 4. The van der Waals surface area contributed by atoms with E-state index in [0.29, 0.717) is 42.9 Å². The molecule has 0 saturated carbocycles. The Morgan fingerprint density at radius 3 is 2.38 bits per heavy atom. The van der Waals surface area contributed by atoms with Crippen molar-refractivity contribution in [3.63, 3.8) is 0 Å². The normalized spacial score (nSPS) is 13.0. The standard InChI is InChI=1S/C28H31N3O6/c1-17(32)20-11-14-31-22(15-20)23(18-7-9-19(10-8-18)26(34)36-5)21-16-30(25(33)24(21)31)13-6-12-29-27(35)37-28(2,3)4/h7-11,14-15H,6,12-13,16H2,1-5H3,(H,29,35). The van der Waals surface area contributed by atoms with Crippen molar-refractivity contribution in [1.82, 2.24) is 14.6 Å². The Bertz CT molecular complexity index is 1380. The molecule has 194 valence electrons. The number of esters is 1. The number of amides is 2. The number of hydrogen-bond acceptors (Lipinski definition) is 6. The molecule has 9 nitrogen and oxygen atoms in total. The molecule has 2 aromatic heterocycles. The quantitative estimate of drug-likeness (QED) is 0.289. The van der Waals surface area contributed by atoms with E-state index in [2.05, 4.69) is 5.32 Å². The van der Waals surface area contributed by atoms with Crippen LogP contribution in [0, 0.1) is 0 Å². The Labute approximate surface area is 215 Å². The van der Waals surface area contributed by atoms with Gasteiger partial charge in [0.1, 0.15) is 11.3 Å². The van der Waals surface area contributed by atoms with Crippen LogP contribution >= 0.6 is 0 Å². The molecule has 3 heterocycles. The molecule has 1 aromatic carbocycles. The Kier molecular flexibility index (Phi) is 7.07. The second-order valence-corrected chi connectivity index (χ2v) is 10.0. The Morgan fingerprint density at radius 1 is 1.05 bits per heavy atom. The highest BCUT2D eigenvalue weighted by Crippen LogP contribution is 2.39. The third-order valence-corrected chi connectivity index (χ3v) is 6.15. The topological polar surface area (TPSA) is 106 Å². The number of Topliss-reactive ketones (excluding diaryl/α,β-unsaturated/α-hetero) is 1. The SMILES string of the molecule is COC(=O)c1ccc(-c2c3c(n4ccc(C(C)=O)cc24)C(=O)N(CCCNC(=O)OC(C)(C)C)C3)cc1. The number of ketones is 1. The number of nitrogens with zero attached hydrogens (tertiary/aromatic N) is 2. The van der Waals surface area contributed by atoms with Gasteiger partial charge in [0.05, 0.1) is 18.2 Å². The number of fused-ring (bicyclic) bond motifs is 3. The Morgan fingerprint density at radius 2 is 1.76 bits per heavy atom. The molecular formula is C28H31N3O6. The van der Waals surface area contributed by atoms with E-state index in [-0.39, 0.29) is 11.7 Å². The van der Waals surface area contributed by atoms with Crippen LogP contribution in [0.3, 0.4) is 0 Å². The molecule has 0 spiro atoms. The summed E-state index contributed by atoms with van der Waals surface area (Å²) in [6, 6.07) is 10.5. The zero-order chi connectivity index (χ0) is 26.9. The van der Waals surface area contributed by atoms with Crippen molar-refractivity contribution in [2.45, 2.75) is 46.3 Å². The predicted molar refractivity (Wildman–Crippen MR) is 138 cm³/mol. The van der Waals surface area contributed by atoms with E-state index in [0.717, 1.165) is 22.2 Å². The number of benzene rings is 1. The molecule has 0 saturated heterocycles. The van der Waals surface area contributed by atoms with Gasteiger partial charge in [-0.3, -0.25) is 9.59 Å². The van der Waals surface area contributed by atoms with Gasteiger partial charge in [0.25, 0.3) is 5.91 Å². The fourth-order valence-electron chi connectivity index (χ4n) is 4.49. The van der Waals surface area contributed by atoms with Crippen LogP contribution in [0.4, 0.5) is 4.79 Å². The number of nitrogens with one attached hydrogen (secondary N) is 1. The van der Waals surface area contributed by atoms with Gasteiger partial charge in [-0.15, -0.1) is 0 Å². The fourth-order valence-corrected chi connectivity index (χ4v) is 4.49. The average molecular weight is 506 g/mol. The van der Waals surface area contributed by atoms with E-state index >= 15 is 0 Å². The van der Waals surface area contributed by atoms with E-state index in [1.165, 1.54) is 14.0 Å². The lowest BCUT2D eigenvalue weighted by Crippen LogP contribution is -2.34. The van der Waals surface area contributed by atoms with Gasteiger partial charge in [-0.2, -0.15) is 0 Å². The molecule has 1 aliphatic rings. The van der Waals surface area contributed by atoms with Gasteiger partial charge in [0, 0.05) is 42.5 Å². The summed E-state index contributed by atoms with van der Waals surface area (Å²) in [6.07, 6.45) is 1.83. The first kappa shape index (κ1) is 25.9. The number of alkyl carbamates (subject to hydrolysis) is 1. The summed E-state index contributed by atoms with van der Waals surface area (Å²) in [5, 5.41) is 2.72. The summed E-state index contributed by atoms with van der Waals surface area (Å²) in [7, 11) is 1.33. The molecule has 2 amide bonds. The molecule has 0 fully saturated rings. The van der Waals surface area contributed by atoms with Gasteiger partial charge in [-0.1, -0.05) is 12.1 Å². The summed E-state index contributed by atoms with van der Waals surface area (Å²) < 4.78 is 11.9. The molecule has 0 radical (unpaired) electrons. The summed E-state index contributed by atoms with van der Waals surface area (Å²) in [6.45, 7) is 8.13. The zero-order valence-corrected chi connectivity index (χ0v) is 21.7. The Balaban J connectivity index is 1.61. The van der Waals surface area contributed by atoms with Crippen molar-refractivity contribution in [2.75, 3.05) is 20.2 Å². The molecular weight excluding hydrogens is 474 g/mol. The molecule has 37 heavy (non-hydrogen) atoms. The lowest BCUT2D eigenvalue weighted by molar-refractivity contribution is 0.0524. The van der Waals surface area contributed by atoms with Gasteiger partial charge < -0.3 is 24.1 Å². The van der Waals surface area contributed by atoms with Gasteiger partial charge in [-0.05, 0) is 63.9 Å². The maximum absolute atomic E-state index is 13.4. The van der Waals surface area contributed by atoms with Gasteiger partial charge in [-0.25, -0.2) is 9.59 Å². The molecule has 0 aliphatic carbocycles. The van der Waals surface area contributed by atoms with Crippen LogP contribution in [0.1, 0.15) is 70.9 Å². The lowest BCUT2D eigenvalue weighted by Gasteiger charge is -2.20. The van der Waals surface area contributed by atoms with Crippen LogP contribution in [-0.2, 0) is 16.0 Å². The summed E-state index contributed by atoms with van der Waals surface area (Å²) in [4.78, 5) is 51.1. The van der Waals surface area contributed by atoms with E-state index in [9.17, 15) is 19.2 Å². The first-order valence-corrected chi connectivity index (χ1v) is 12.1. The van der Waals surface area contributed by atoms with Crippen LogP contribution in [0.25, 0.3) is 16.6 Å². The number of carbonyl (C=O) groups excluding carboxylic acids is 4. The number of hydrogen-bond donors (Lipinski definition) is 1. The maximum atomic E-state index is 13.4. The van der Waals surface area contributed by atoms with Crippen molar-refractivity contribution in [1.29, 1.82) is 0 Å². The van der Waals surface area contributed by atoms with E-state index < -0.39 is 17.7 Å². The van der Waals surface area contributed by atoms with Crippen LogP contribution in [0.5, 0.6) is 0 Å². The first-order chi connectivity index (χ1) is 17.5. The lowest BCUT2D eigenvalue weighted by atomic mass is 9.99. The van der Waals surface area contributed by atoms with Crippen molar-refractivity contribution < 1.29 is 28.7 Å². The van der Waals surface area contributed by atoms with Crippen molar-refractivity contribution in [3.8, 4) is 11.1 Å². The fraction of sp³-hybridized carbons (Fsp3) is 0.357. The number of rotatable bonds is 7. The second-order valence-electron chi connectivity index (χ2n) is 10.0. The summed E-state index contributed by atoms with van der Waals surface area (Å²) in [5.74, 6) is -0.615. The number of pyridine rings is 1. The molecule has 3 aromatic rings. The van der Waals surface area contributed by atoms with Gasteiger partial charge in [0.2, 0.25) is 0 Å². The molecule has 1 aliphatic heterocycles. The van der Waals surface area contributed by atoms with Crippen LogP contribution in [0.2, 0.25) is 0 Å². The van der Waals surface area contributed by atoms with Gasteiger partial charge in [0.15, 0.2) is 5.78 Å². The minimum Gasteiger partial charge on any atom is -0.465 e. The third kappa shape index (κ3) is 5.35. The summed E-state index contributed by atoms with van der Waals surface area (Å²) in [5.41, 5.74) is 4.23. The molecule has 0 unspecified atom stereocenters. The molecule has 0 bridgehead atoms. The van der Waals surface area contributed by atoms with Gasteiger partial charge >= 0.3 is 12.1 Å². The number of aromatic nitrogens is 1. The van der Waals surface area contributed by atoms with Crippen molar-refractivity contribution >= 4 is 29.3 Å². The van der Waals surface area contributed by atoms with E-state index in [1.54, 1.807) is 56.1 Å². The third-order valence-electron chi connectivity index (χ3n) is 6.15. The zero-order valence-electron chi connectivity index (χ0n) is 21.7. The maximum Gasteiger partial charge on any atom is 0.407 e. The van der Waals surface area contributed by atoms with E-state index in [4.69, 9.17) is 9.47 Å². The minimum atomic E-state index is -0.576. The largest absolute Gasteiger partial charge is 0.465 e. The minimum absolute atomic E-state index is 0.0683. The van der Waals surface area contributed by atoms with Crippen LogP contribution < -0.4 is 5.32 Å². The highest BCUT2D eigenvalue weighted by Gasteiger charge is 2.34. The number of methoxy groups -OCH3 is 1. The first-order valence-electron chi connectivity index (χ1n) is 12.1. The molecule has 0 atom stereocenters. The van der Waals surface area contributed by atoms with Crippen molar-refractivity contribution in [3.05, 3.63) is 65.0 Å². The molecule has 4 rings (SSSR count). The monoisotopic (exact) mass is 505 g/mol. The Hall–Kier alpha value is -4.14. The highest BCUT2D eigenvalue weighted by molar-refractivity contribution is 6.05. The smallest absolute Gasteiger partial charge is 0.407 e. The predicted octanol–water partition coefficient (Wildman–Crippen LogP) is 4.47. The second kappa shape index (κ2) is 10.1. The molecule has 9 heteroatoms. The van der Waals surface area contributed by atoms with Crippen LogP contribution in [0.15, 0.2) is 42.6 Å². The number of ether oxygens (including phenoxy) is 2. The summed E-state index contributed by atoms with van der Waals surface area (Å²) >= 11 is 0. The van der Waals surface area contributed by atoms with E-state index in [1.807, 2.05) is 16.5 Å². The van der Waals surface area contributed by atoms with Crippen molar-refractivity contribution in [2.24, 2.45) is 0 Å². The molecule has 1 N–H and O–H groups in total. The highest BCUT2D eigenvalue weighted by atomic mass is 16.6. The van der Waals surface area contributed by atoms with Crippen LogP contribution in [-0.4, -0.2) is 58.9 Å². The average Bonchev–Trinajstić information content (AvgIpc) is 3.33.